The van der Waals surface area contributed by atoms with E-state index in [4.69, 9.17) is 14.2 Å². The minimum atomic E-state index is -0.411. The molecule has 0 aliphatic carbocycles. The third-order valence-corrected chi connectivity index (χ3v) is 5.15. The number of aryl methyl sites for hydroxylation is 1. The van der Waals surface area contributed by atoms with Crippen LogP contribution in [0.3, 0.4) is 0 Å². The van der Waals surface area contributed by atoms with Gasteiger partial charge in [-0.3, -0.25) is 4.79 Å². The molecule has 5 nitrogen and oxygen atoms in total. The third-order valence-electron chi connectivity index (χ3n) is 5.15. The van der Waals surface area contributed by atoms with E-state index in [9.17, 15) is 4.79 Å². The minimum Gasteiger partial charge on any atom is -0.491 e. The number of hydrogen-bond donors (Lipinski definition) is 0. The zero-order chi connectivity index (χ0) is 17.0. The first-order valence-corrected chi connectivity index (χ1v) is 8.73. The molecule has 0 spiro atoms. The standard InChI is InChI=1S/C19H27NO4/c1-15-3-5-17(6-4-15)24-14-19(22-2)9-10-20(13-19)18(21)16-7-11-23-12-8-16/h3-6,16H,7-14H2,1-2H3. The Kier molecular flexibility index (Phi) is 5.41. The summed E-state index contributed by atoms with van der Waals surface area (Å²) in [5.41, 5.74) is 0.795. The van der Waals surface area contributed by atoms with Crippen LogP contribution < -0.4 is 4.74 Å². The molecule has 1 aromatic carbocycles. The molecule has 1 atom stereocenters. The maximum atomic E-state index is 12.7. The van der Waals surface area contributed by atoms with Crippen molar-refractivity contribution >= 4 is 5.91 Å². The molecule has 2 heterocycles. The number of amides is 1. The van der Waals surface area contributed by atoms with E-state index in [1.807, 2.05) is 29.2 Å². The highest BCUT2D eigenvalue weighted by Crippen LogP contribution is 2.29. The molecule has 1 amide bonds. The number of ether oxygens (including phenoxy) is 3. The summed E-state index contributed by atoms with van der Waals surface area (Å²) in [6.45, 7) is 5.24. The number of carbonyl (C=O) groups is 1. The Labute approximate surface area is 143 Å². The van der Waals surface area contributed by atoms with Crippen molar-refractivity contribution in [3.05, 3.63) is 29.8 Å². The van der Waals surface area contributed by atoms with Crippen LogP contribution in [-0.4, -0.2) is 56.4 Å². The number of carbonyl (C=O) groups excluding carboxylic acids is 1. The smallest absolute Gasteiger partial charge is 0.225 e. The molecule has 1 aromatic rings. The minimum absolute atomic E-state index is 0.101. The summed E-state index contributed by atoms with van der Waals surface area (Å²) in [6, 6.07) is 8.01. The van der Waals surface area contributed by atoms with Crippen LogP contribution in [0.2, 0.25) is 0 Å². The predicted molar refractivity (Wildman–Crippen MR) is 91.2 cm³/mol. The van der Waals surface area contributed by atoms with E-state index in [1.165, 1.54) is 5.56 Å². The van der Waals surface area contributed by atoms with Crippen LogP contribution >= 0.6 is 0 Å². The summed E-state index contributed by atoms with van der Waals surface area (Å²) in [5.74, 6) is 1.18. The largest absolute Gasteiger partial charge is 0.491 e. The van der Waals surface area contributed by atoms with Crippen molar-refractivity contribution in [2.45, 2.75) is 31.8 Å². The molecule has 0 aromatic heterocycles. The Balaban J connectivity index is 1.57. The first kappa shape index (κ1) is 17.2. The van der Waals surface area contributed by atoms with E-state index in [2.05, 4.69) is 6.92 Å². The highest BCUT2D eigenvalue weighted by Gasteiger charge is 2.42. The molecule has 1 unspecified atom stereocenters. The predicted octanol–water partition coefficient (Wildman–Crippen LogP) is 2.42. The van der Waals surface area contributed by atoms with Crippen LogP contribution in [0.4, 0.5) is 0 Å². The average Bonchev–Trinajstić information content (AvgIpc) is 3.06. The average molecular weight is 333 g/mol. The van der Waals surface area contributed by atoms with Gasteiger partial charge in [0.15, 0.2) is 0 Å². The topological polar surface area (TPSA) is 48.0 Å². The van der Waals surface area contributed by atoms with Crippen molar-refractivity contribution in [2.24, 2.45) is 5.92 Å². The van der Waals surface area contributed by atoms with Gasteiger partial charge in [0.25, 0.3) is 0 Å². The first-order chi connectivity index (χ1) is 11.6. The van der Waals surface area contributed by atoms with Crippen LogP contribution in [0.25, 0.3) is 0 Å². The lowest BCUT2D eigenvalue weighted by molar-refractivity contribution is -0.139. The molecule has 0 saturated carbocycles. The summed E-state index contributed by atoms with van der Waals surface area (Å²) >= 11 is 0. The number of likely N-dealkylation sites (tertiary alicyclic amines) is 1. The van der Waals surface area contributed by atoms with Crippen LogP contribution in [-0.2, 0) is 14.3 Å². The van der Waals surface area contributed by atoms with Gasteiger partial charge in [0.2, 0.25) is 5.91 Å². The van der Waals surface area contributed by atoms with Crippen LogP contribution in [0.1, 0.15) is 24.8 Å². The van der Waals surface area contributed by atoms with Gasteiger partial charge in [-0.15, -0.1) is 0 Å². The van der Waals surface area contributed by atoms with Crippen LogP contribution in [0, 0.1) is 12.8 Å². The molecule has 2 aliphatic heterocycles. The molecule has 5 heteroatoms. The second-order valence-corrected chi connectivity index (χ2v) is 6.89. The molecular formula is C19H27NO4. The summed E-state index contributed by atoms with van der Waals surface area (Å²) in [4.78, 5) is 14.6. The van der Waals surface area contributed by atoms with E-state index in [-0.39, 0.29) is 11.8 Å². The number of nitrogens with zero attached hydrogens (tertiary/aromatic N) is 1. The van der Waals surface area contributed by atoms with E-state index >= 15 is 0 Å². The van der Waals surface area contributed by atoms with Crippen molar-refractivity contribution in [1.29, 1.82) is 0 Å². The van der Waals surface area contributed by atoms with Crippen molar-refractivity contribution in [1.82, 2.24) is 4.90 Å². The number of benzene rings is 1. The summed E-state index contributed by atoms with van der Waals surface area (Å²) in [7, 11) is 1.71. The molecule has 2 fully saturated rings. The Morgan fingerprint density at radius 2 is 2.00 bits per heavy atom. The SMILES string of the molecule is COC1(COc2ccc(C)cc2)CCN(C(=O)C2CCOCC2)C1. The van der Waals surface area contributed by atoms with E-state index in [0.717, 1.165) is 31.6 Å². The fourth-order valence-corrected chi connectivity index (χ4v) is 3.43. The van der Waals surface area contributed by atoms with Crippen LogP contribution in [0.5, 0.6) is 5.75 Å². The van der Waals surface area contributed by atoms with Crippen LogP contribution in [0.15, 0.2) is 24.3 Å². The molecule has 0 bridgehead atoms. The van der Waals surface area contributed by atoms with Gasteiger partial charge in [0.05, 0.1) is 6.54 Å². The molecule has 0 N–H and O–H groups in total. The highest BCUT2D eigenvalue weighted by atomic mass is 16.5. The van der Waals surface area contributed by atoms with Gasteiger partial charge in [-0.25, -0.2) is 0 Å². The molecule has 24 heavy (non-hydrogen) atoms. The maximum absolute atomic E-state index is 12.7. The maximum Gasteiger partial charge on any atom is 0.225 e. The Hall–Kier alpha value is -1.59. The lowest BCUT2D eigenvalue weighted by atomic mass is 9.98. The second kappa shape index (κ2) is 7.53. The Morgan fingerprint density at radius 3 is 2.67 bits per heavy atom. The van der Waals surface area contributed by atoms with Crippen molar-refractivity contribution in [3.63, 3.8) is 0 Å². The molecular weight excluding hydrogens is 306 g/mol. The van der Waals surface area contributed by atoms with Crippen molar-refractivity contribution in [3.8, 4) is 5.75 Å². The summed E-state index contributed by atoms with van der Waals surface area (Å²) < 4.78 is 17.1. The summed E-state index contributed by atoms with van der Waals surface area (Å²) in [6.07, 6.45) is 2.47. The van der Waals surface area contributed by atoms with Gasteiger partial charge >= 0.3 is 0 Å². The normalized spacial score (nSPS) is 25.0. The van der Waals surface area contributed by atoms with Gasteiger partial charge in [-0.1, -0.05) is 17.7 Å². The van der Waals surface area contributed by atoms with E-state index in [1.54, 1.807) is 7.11 Å². The van der Waals surface area contributed by atoms with Gasteiger partial charge in [-0.2, -0.15) is 0 Å². The third kappa shape index (κ3) is 3.90. The molecule has 0 radical (unpaired) electrons. The lowest BCUT2D eigenvalue weighted by Crippen LogP contribution is -2.44. The quantitative estimate of drug-likeness (QED) is 0.830. The lowest BCUT2D eigenvalue weighted by Gasteiger charge is -2.30. The first-order valence-electron chi connectivity index (χ1n) is 8.73. The van der Waals surface area contributed by atoms with Gasteiger partial charge in [0, 0.05) is 32.8 Å². The monoisotopic (exact) mass is 333 g/mol. The Morgan fingerprint density at radius 1 is 1.29 bits per heavy atom. The number of hydrogen-bond acceptors (Lipinski definition) is 4. The van der Waals surface area contributed by atoms with E-state index < -0.39 is 5.60 Å². The molecule has 2 aliphatic rings. The number of methoxy groups -OCH3 is 1. The number of rotatable bonds is 5. The van der Waals surface area contributed by atoms with Gasteiger partial charge in [0.1, 0.15) is 18.0 Å². The van der Waals surface area contributed by atoms with Gasteiger partial charge in [-0.05, 0) is 38.3 Å². The second-order valence-electron chi connectivity index (χ2n) is 6.89. The van der Waals surface area contributed by atoms with Crippen molar-refractivity contribution < 1.29 is 19.0 Å². The van der Waals surface area contributed by atoms with E-state index in [0.29, 0.717) is 26.4 Å². The zero-order valence-corrected chi connectivity index (χ0v) is 14.6. The van der Waals surface area contributed by atoms with Gasteiger partial charge < -0.3 is 19.1 Å². The fraction of sp³-hybridized carbons (Fsp3) is 0.632. The van der Waals surface area contributed by atoms with Crippen molar-refractivity contribution in [2.75, 3.05) is 40.0 Å². The molecule has 3 rings (SSSR count). The fourth-order valence-electron chi connectivity index (χ4n) is 3.43. The summed E-state index contributed by atoms with van der Waals surface area (Å²) in [5, 5.41) is 0. The zero-order valence-electron chi connectivity index (χ0n) is 14.6. The highest BCUT2D eigenvalue weighted by molar-refractivity contribution is 5.79. The molecule has 132 valence electrons. The molecule has 2 saturated heterocycles. The Bertz CT molecular complexity index is 553.